The summed E-state index contributed by atoms with van der Waals surface area (Å²) >= 11 is 4.71. The zero-order valence-electron chi connectivity index (χ0n) is 6.58. The normalized spacial score (nSPS) is 10.2. The minimum absolute atomic E-state index is 0.0390. The second kappa shape index (κ2) is 3.47. The van der Waals surface area contributed by atoms with E-state index in [0.717, 1.165) is 14.9 Å². The van der Waals surface area contributed by atoms with Crippen molar-refractivity contribution in [2.45, 2.75) is 0 Å². The Hall–Kier alpha value is -0.870. The summed E-state index contributed by atoms with van der Waals surface area (Å²) in [6.07, 6.45) is 0. The van der Waals surface area contributed by atoms with Crippen LogP contribution in [-0.2, 0) is 0 Å². The van der Waals surface area contributed by atoms with Gasteiger partial charge in [-0.1, -0.05) is 39.6 Å². The van der Waals surface area contributed by atoms with E-state index in [9.17, 15) is 4.79 Å². The molecule has 2 rings (SSSR count). The van der Waals surface area contributed by atoms with Crippen LogP contribution in [0.1, 0.15) is 0 Å². The largest absolute Gasteiger partial charge is 0.277 e. The number of benzene rings is 1. The predicted molar refractivity (Wildman–Crippen MR) is 58.1 cm³/mol. The molecule has 13 heavy (non-hydrogen) atoms. The number of hydrogen-bond acceptors (Lipinski definition) is 2. The van der Waals surface area contributed by atoms with Crippen molar-refractivity contribution in [2.75, 3.05) is 0 Å². The van der Waals surface area contributed by atoms with Crippen LogP contribution >= 0.6 is 27.5 Å². The van der Waals surface area contributed by atoms with Gasteiger partial charge in [0.1, 0.15) is 0 Å². The molecule has 0 unspecified atom stereocenters. The molecule has 2 nitrogen and oxygen atoms in total. The fraction of sp³-hybridized carbons (Fsp3) is 0. The van der Waals surface area contributed by atoms with E-state index in [2.05, 4.69) is 20.3 Å². The summed E-state index contributed by atoms with van der Waals surface area (Å²) in [4.78, 5) is 11.8. The Labute approximate surface area is 87.5 Å². The second-order valence-electron chi connectivity index (χ2n) is 2.58. The van der Waals surface area contributed by atoms with E-state index in [1.165, 1.54) is 11.5 Å². The van der Waals surface area contributed by atoms with Gasteiger partial charge in [-0.2, -0.15) is 0 Å². The summed E-state index contributed by atoms with van der Waals surface area (Å²) < 4.78 is 3.70. The van der Waals surface area contributed by atoms with Crippen LogP contribution in [0.2, 0.25) is 0 Å². The van der Waals surface area contributed by atoms with Gasteiger partial charge in [-0.05, 0) is 17.7 Å². The van der Waals surface area contributed by atoms with Gasteiger partial charge in [0.2, 0.25) is 0 Å². The average Bonchev–Trinajstić information content (AvgIpc) is 2.53. The smallest absolute Gasteiger partial charge is 0.258 e. The number of aromatic nitrogens is 1. The van der Waals surface area contributed by atoms with Gasteiger partial charge in [0.15, 0.2) is 0 Å². The molecule has 0 aliphatic heterocycles. The van der Waals surface area contributed by atoms with Gasteiger partial charge in [-0.15, -0.1) is 0 Å². The average molecular weight is 256 g/mol. The standard InChI is InChI=1S/C9H6BrNOS/c10-7-3-1-6(2-4-7)8-5-9(12)11-13-8/h1-5H,(H,11,12). The van der Waals surface area contributed by atoms with Crippen molar-refractivity contribution in [1.82, 2.24) is 4.37 Å². The fourth-order valence-corrected chi connectivity index (χ4v) is 1.99. The first kappa shape index (κ1) is 8.72. The first-order chi connectivity index (χ1) is 6.25. The molecule has 0 fully saturated rings. The van der Waals surface area contributed by atoms with Gasteiger partial charge in [0, 0.05) is 10.5 Å². The molecule has 1 N–H and O–H groups in total. The van der Waals surface area contributed by atoms with Crippen LogP contribution in [0.15, 0.2) is 39.6 Å². The lowest BCUT2D eigenvalue weighted by molar-refractivity contribution is 1.43. The summed E-state index contributed by atoms with van der Waals surface area (Å²) in [5.74, 6) is 0. The third-order valence-corrected chi connectivity index (χ3v) is 3.06. The SMILES string of the molecule is O=c1cc(-c2ccc(Br)cc2)s[nH]1. The van der Waals surface area contributed by atoms with E-state index in [1.54, 1.807) is 6.07 Å². The lowest BCUT2D eigenvalue weighted by Gasteiger charge is -1.94. The molecule has 0 saturated heterocycles. The Morgan fingerprint density at radius 3 is 2.46 bits per heavy atom. The summed E-state index contributed by atoms with van der Waals surface area (Å²) in [5.41, 5.74) is 1.02. The Bertz CT molecular complexity index is 457. The van der Waals surface area contributed by atoms with E-state index in [1.807, 2.05) is 24.3 Å². The third-order valence-electron chi connectivity index (χ3n) is 1.65. The summed E-state index contributed by atoms with van der Waals surface area (Å²) in [6, 6.07) is 9.47. The molecular weight excluding hydrogens is 250 g/mol. The van der Waals surface area contributed by atoms with Crippen molar-refractivity contribution in [3.63, 3.8) is 0 Å². The van der Waals surface area contributed by atoms with Crippen LogP contribution in [0.3, 0.4) is 0 Å². The number of hydrogen-bond donors (Lipinski definition) is 1. The van der Waals surface area contributed by atoms with Crippen molar-refractivity contribution < 1.29 is 0 Å². The van der Waals surface area contributed by atoms with Gasteiger partial charge in [0.05, 0.1) is 4.88 Å². The van der Waals surface area contributed by atoms with Crippen LogP contribution in [0.5, 0.6) is 0 Å². The number of nitrogens with one attached hydrogen (secondary N) is 1. The molecule has 1 aromatic heterocycles. The van der Waals surface area contributed by atoms with Crippen LogP contribution < -0.4 is 5.56 Å². The molecule has 0 aliphatic carbocycles. The fourth-order valence-electron chi connectivity index (χ4n) is 1.04. The number of halogens is 1. The van der Waals surface area contributed by atoms with Crippen LogP contribution in [0.4, 0.5) is 0 Å². The molecule has 0 radical (unpaired) electrons. The van der Waals surface area contributed by atoms with E-state index >= 15 is 0 Å². The lowest BCUT2D eigenvalue weighted by atomic mass is 10.2. The summed E-state index contributed by atoms with van der Waals surface area (Å²) in [5, 5.41) is 0. The molecule has 0 aliphatic rings. The maximum atomic E-state index is 10.9. The molecular formula is C9H6BrNOS. The zero-order chi connectivity index (χ0) is 9.26. The van der Waals surface area contributed by atoms with Crippen molar-refractivity contribution in [3.8, 4) is 10.4 Å². The van der Waals surface area contributed by atoms with Crippen LogP contribution in [0, 0.1) is 0 Å². The first-order valence-corrected chi connectivity index (χ1v) is 5.31. The zero-order valence-corrected chi connectivity index (χ0v) is 8.98. The summed E-state index contributed by atoms with van der Waals surface area (Å²) in [6.45, 7) is 0. The van der Waals surface area contributed by atoms with Gasteiger partial charge >= 0.3 is 0 Å². The molecule has 2 aromatic rings. The number of rotatable bonds is 1. The van der Waals surface area contributed by atoms with E-state index in [-0.39, 0.29) is 5.56 Å². The van der Waals surface area contributed by atoms with Gasteiger partial charge < -0.3 is 0 Å². The number of aromatic amines is 1. The van der Waals surface area contributed by atoms with Crippen molar-refractivity contribution >= 4 is 27.5 Å². The van der Waals surface area contributed by atoms with E-state index < -0.39 is 0 Å². The highest BCUT2D eigenvalue weighted by Crippen LogP contribution is 2.22. The molecule has 0 bridgehead atoms. The highest BCUT2D eigenvalue weighted by molar-refractivity contribution is 9.10. The van der Waals surface area contributed by atoms with Gasteiger partial charge in [0.25, 0.3) is 5.56 Å². The highest BCUT2D eigenvalue weighted by atomic mass is 79.9. The Morgan fingerprint density at radius 2 is 1.92 bits per heavy atom. The van der Waals surface area contributed by atoms with Crippen LogP contribution in [-0.4, -0.2) is 4.37 Å². The molecule has 0 amide bonds. The maximum Gasteiger partial charge on any atom is 0.258 e. The Morgan fingerprint density at radius 1 is 1.23 bits per heavy atom. The molecule has 66 valence electrons. The monoisotopic (exact) mass is 255 g/mol. The molecule has 0 atom stereocenters. The quantitative estimate of drug-likeness (QED) is 0.836. The number of H-pyrrole nitrogens is 1. The third kappa shape index (κ3) is 1.89. The molecule has 1 aromatic carbocycles. The molecule has 1 heterocycles. The van der Waals surface area contributed by atoms with Gasteiger partial charge in [-0.25, -0.2) is 0 Å². The summed E-state index contributed by atoms with van der Waals surface area (Å²) in [7, 11) is 0. The second-order valence-corrected chi connectivity index (χ2v) is 4.35. The molecule has 0 spiro atoms. The van der Waals surface area contributed by atoms with Crippen molar-refractivity contribution in [1.29, 1.82) is 0 Å². The first-order valence-electron chi connectivity index (χ1n) is 3.70. The predicted octanol–water partition coefficient (Wildman–Crippen LogP) is 2.87. The minimum Gasteiger partial charge on any atom is -0.277 e. The molecule has 4 heteroatoms. The Balaban J connectivity index is 2.47. The highest BCUT2D eigenvalue weighted by Gasteiger charge is 1.99. The Kier molecular flexibility index (Phi) is 2.33. The topological polar surface area (TPSA) is 32.9 Å². The molecule has 0 saturated carbocycles. The van der Waals surface area contributed by atoms with Crippen molar-refractivity contribution in [2.24, 2.45) is 0 Å². The van der Waals surface area contributed by atoms with Crippen LogP contribution in [0.25, 0.3) is 10.4 Å². The van der Waals surface area contributed by atoms with E-state index in [4.69, 9.17) is 0 Å². The van der Waals surface area contributed by atoms with E-state index in [0.29, 0.717) is 0 Å². The van der Waals surface area contributed by atoms with Gasteiger partial charge in [-0.3, -0.25) is 9.17 Å². The maximum absolute atomic E-state index is 10.9. The van der Waals surface area contributed by atoms with Crippen molar-refractivity contribution in [3.05, 3.63) is 45.2 Å². The lowest BCUT2D eigenvalue weighted by Crippen LogP contribution is -1.91. The minimum atomic E-state index is -0.0390.